The second-order valence-electron chi connectivity index (χ2n) is 3.59. The summed E-state index contributed by atoms with van der Waals surface area (Å²) in [5, 5.41) is 2.59. The molecule has 0 atom stereocenters. The highest BCUT2D eigenvalue weighted by Gasteiger charge is 2.11. The van der Waals surface area contributed by atoms with Crippen molar-refractivity contribution in [3.63, 3.8) is 0 Å². The van der Waals surface area contributed by atoms with Crippen molar-refractivity contribution in [2.45, 2.75) is 20.4 Å². The molecule has 6 nitrogen and oxygen atoms in total. The smallest absolute Gasteiger partial charge is 0.283 e. The molecule has 0 saturated carbocycles. The number of nitrogens with one attached hydrogen (secondary N) is 1. The predicted octanol–water partition coefficient (Wildman–Crippen LogP) is 1.54. The van der Waals surface area contributed by atoms with Crippen molar-refractivity contribution in [1.29, 1.82) is 0 Å². The van der Waals surface area contributed by atoms with Gasteiger partial charge in [-0.3, -0.25) is 9.78 Å². The molecule has 1 aromatic rings. The highest BCUT2D eigenvalue weighted by atomic mass is 32.1. The SMILES string of the molecule is CC(C)Cn1c(N)c(N=O)c(=O)[nH]c1=S. The van der Waals surface area contributed by atoms with Gasteiger partial charge in [-0.25, -0.2) is 0 Å². The molecule has 1 heterocycles. The molecule has 7 heteroatoms. The summed E-state index contributed by atoms with van der Waals surface area (Å²) in [6.07, 6.45) is 0. The van der Waals surface area contributed by atoms with Crippen LogP contribution in [0.1, 0.15) is 13.8 Å². The van der Waals surface area contributed by atoms with Gasteiger partial charge >= 0.3 is 0 Å². The predicted molar refractivity (Wildman–Crippen MR) is 60.6 cm³/mol. The van der Waals surface area contributed by atoms with Crippen LogP contribution in [-0.4, -0.2) is 9.55 Å². The molecule has 0 radical (unpaired) electrons. The molecule has 0 fully saturated rings. The first-order valence-electron chi connectivity index (χ1n) is 4.43. The van der Waals surface area contributed by atoms with Crippen molar-refractivity contribution in [2.24, 2.45) is 11.1 Å². The second kappa shape index (κ2) is 4.35. The van der Waals surface area contributed by atoms with E-state index in [-0.39, 0.29) is 16.3 Å². The topological polar surface area (TPSA) is 93.2 Å². The van der Waals surface area contributed by atoms with Gasteiger partial charge in [0.15, 0.2) is 4.77 Å². The van der Waals surface area contributed by atoms with E-state index < -0.39 is 5.56 Å². The monoisotopic (exact) mass is 228 g/mol. The Kier molecular flexibility index (Phi) is 3.35. The molecule has 0 saturated heterocycles. The molecular weight excluding hydrogens is 216 g/mol. The second-order valence-corrected chi connectivity index (χ2v) is 3.98. The van der Waals surface area contributed by atoms with Gasteiger partial charge in [-0.2, -0.15) is 0 Å². The van der Waals surface area contributed by atoms with Gasteiger partial charge in [-0.15, -0.1) is 4.91 Å². The fraction of sp³-hybridized carbons (Fsp3) is 0.500. The van der Waals surface area contributed by atoms with E-state index in [2.05, 4.69) is 10.2 Å². The summed E-state index contributed by atoms with van der Waals surface area (Å²) in [7, 11) is 0. The van der Waals surface area contributed by atoms with Crippen LogP contribution in [0.25, 0.3) is 0 Å². The normalized spacial score (nSPS) is 10.6. The lowest BCUT2D eigenvalue weighted by molar-refractivity contribution is 0.515. The van der Waals surface area contributed by atoms with Crippen LogP contribution in [0.15, 0.2) is 9.97 Å². The molecule has 15 heavy (non-hydrogen) atoms. The van der Waals surface area contributed by atoms with Gasteiger partial charge in [0.25, 0.3) is 5.56 Å². The molecule has 1 aromatic heterocycles. The first kappa shape index (κ1) is 11.6. The van der Waals surface area contributed by atoms with Crippen LogP contribution in [-0.2, 0) is 6.54 Å². The van der Waals surface area contributed by atoms with E-state index in [0.717, 1.165) is 0 Å². The average Bonchev–Trinajstić information content (AvgIpc) is 2.12. The zero-order valence-electron chi connectivity index (χ0n) is 8.48. The first-order valence-corrected chi connectivity index (χ1v) is 4.84. The standard InChI is InChI=1S/C8H12N4O2S/c1-4(2)3-12-6(9)5(11-14)7(13)10-8(12)15/h4H,3,9H2,1-2H3,(H,10,13,15). The van der Waals surface area contributed by atoms with Gasteiger partial charge in [0, 0.05) is 6.54 Å². The van der Waals surface area contributed by atoms with Crippen molar-refractivity contribution in [3.8, 4) is 0 Å². The maximum absolute atomic E-state index is 11.2. The summed E-state index contributed by atoms with van der Waals surface area (Å²) in [6.45, 7) is 4.48. The molecule has 0 aliphatic carbocycles. The maximum Gasteiger partial charge on any atom is 0.283 e. The van der Waals surface area contributed by atoms with Crippen molar-refractivity contribution < 1.29 is 0 Å². The molecule has 0 spiro atoms. The number of nitroso groups, excluding NO2 is 1. The van der Waals surface area contributed by atoms with Crippen molar-refractivity contribution in [1.82, 2.24) is 9.55 Å². The Morgan fingerprint density at radius 1 is 1.60 bits per heavy atom. The Hall–Kier alpha value is -1.50. The molecule has 0 amide bonds. The van der Waals surface area contributed by atoms with Crippen LogP contribution in [0.2, 0.25) is 0 Å². The van der Waals surface area contributed by atoms with E-state index in [1.54, 1.807) is 0 Å². The molecular formula is C8H12N4O2S. The zero-order chi connectivity index (χ0) is 11.6. The third-order valence-corrected chi connectivity index (χ3v) is 2.18. The number of aromatic nitrogens is 2. The maximum atomic E-state index is 11.2. The van der Waals surface area contributed by atoms with E-state index in [1.807, 2.05) is 13.8 Å². The molecule has 1 rings (SSSR count). The lowest BCUT2D eigenvalue weighted by Crippen LogP contribution is -2.19. The van der Waals surface area contributed by atoms with Crippen molar-refractivity contribution in [2.75, 3.05) is 5.73 Å². The lowest BCUT2D eigenvalue weighted by Gasteiger charge is -2.12. The van der Waals surface area contributed by atoms with Crippen LogP contribution in [0.3, 0.4) is 0 Å². The fourth-order valence-electron chi connectivity index (χ4n) is 1.21. The number of anilines is 1. The van der Waals surface area contributed by atoms with Crippen LogP contribution in [0.4, 0.5) is 11.5 Å². The number of H-pyrrole nitrogens is 1. The van der Waals surface area contributed by atoms with Crippen LogP contribution in [0.5, 0.6) is 0 Å². The molecule has 0 aliphatic rings. The largest absolute Gasteiger partial charge is 0.383 e. The Morgan fingerprint density at radius 2 is 2.20 bits per heavy atom. The molecule has 0 bridgehead atoms. The third-order valence-electron chi connectivity index (χ3n) is 1.85. The van der Waals surface area contributed by atoms with Gasteiger partial charge in [-0.05, 0) is 23.3 Å². The molecule has 0 aliphatic heterocycles. The van der Waals surface area contributed by atoms with E-state index in [0.29, 0.717) is 12.5 Å². The Bertz CT molecular complexity index is 488. The summed E-state index contributed by atoms with van der Waals surface area (Å²) in [5.41, 5.74) is 4.67. The van der Waals surface area contributed by atoms with Crippen LogP contribution in [0, 0.1) is 15.6 Å². The molecule has 0 aromatic carbocycles. The van der Waals surface area contributed by atoms with E-state index in [9.17, 15) is 9.70 Å². The minimum atomic E-state index is -0.646. The van der Waals surface area contributed by atoms with Crippen LogP contribution >= 0.6 is 12.2 Å². The van der Waals surface area contributed by atoms with Gasteiger partial charge in [0.2, 0.25) is 5.69 Å². The van der Waals surface area contributed by atoms with E-state index >= 15 is 0 Å². The van der Waals surface area contributed by atoms with Gasteiger partial charge < -0.3 is 10.3 Å². The number of nitrogen functional groups attached to an aromatic ring is 1. The Balaban J connectivity index is 3.46. The summed E-state index contributed by atoms with van der Waals surface area (Å²) < 4.78 is 1.71. The van der Waals surface area contributed by atoms with Gasteiger partial charge in [-0.1, -0.05) is 13.8 Å². The molecule has 3 N–H and O–H groups in total. The van der Waals surface area contributed by atoms with Gasteiger partial charge in [0.05, 0.1) is 0 Å². The minimum Gasteiger partial charge on any atom is -0.383 e. The lowest BCUT2D eigenvalue weighted by atomic mass is 10.2. The summed E-state index contributed by atoms with van der Waals surface area (Å²) in [6, 6.07) is 0. The third kappa shape index (κ3) is 2.30. The number of rotatable bonds is 3. The summed E-state index contributed by atoms with van der Waals surface area (Å²) in [5.74, 6) is 0.317. The number of aromatic amines is 1. The molecule has 0 unspecified atom stereocenters. The van der Waals surface area contributed by atoms with Crippen LogP contribution < -0.4 is 11.3 Å². The summed E-state index contributed by atoms with van der Waals surface area (Å²) in [4.78, 5) is 24.0. The zero-order valence-corrected chi connectivity index (χ0v) is 9.30. The quantitative estimate of drug-likeness (QED) is 0.606. The number of nitrogens with zero attached hydrogens (tertiary/aromatic N) is 2. The highest BCUT2D eigenvalue weighted by molar-refractivity contribution is 7.71. The highest BCUT2D eigenvalue weighted by Crippen LogP contribution is 2.16. The van der Waals surface area contributed by atoms with E-state index in [4.69, 9.17) is 18.0 Å². The summed E-state index contributed by atoms with van der Waals surface area (Å²) >= 11 is 4.94. The number of nitrogens with two attached hydrogens (primary N) is 1. The van der Waals surface area contributed by atoms with E-state index in [1.165, 1.54) is 4.57 Å². The number of hydrogen-bond donors (Lipinski definition) is 2. The Morgan fingerprint density at radius 3 is 2.67 bits per heavy atom. The molecule has 82 valence electrons. The number of hydrogen-bond acceptors (Lipinski definition) is 5. The van der Waals surface area contributed by atoms with Gasteiger partial charge in [0.1, 0.15) is 5.82 Å². The van der Waals surface area contributed by atoms with Crippen molar-refractivity contribution in [3.05, 3.63) is 20.0 Å². The Labute approximate surface area is 91.1 Å². The first-order chi connectivity index (χ1) is 6.97. The minimum absolute atomic E-state index is 0.0208. The average molecular weight is 228 g/mol. The fourth-order valence-corrected chi connectivity index (χ4v) is 1.48. The van der Waals surface area contributed by atoms with Crippen molar-refractivity contribution >= 4 is 23.7 Å².